The predicted molar refractivity (Wildman–Crippen MR) is 99.9 cm³/mol. The molecule has 0 aliphatic carbocycles. The van der Waals surface area contributed by atoms with Crippen LogP contribution in [0.15, 0.2) is 60.0 Å². The maximum atomic E-state index is 12.4. The lowest BCUT2D eigenvalue weighted by molar-refractivity contribution is -0.115. The van der Waals surface area contributed by atoms with Crippen LogP contribution in [0.4, 0.5) is 11.4 Å². The summed E-state index contributed by atoms with van der Waals surface area (Å²) in [7, 11) is 3.97. The molecule has 124 valence electrons. The first-order valence-electron chi connectivity index (χ1n) is 7.71. The van der Waals surface area contributed by atoms with Crippen molar-refractivity contribution in [2.75, 3.05) is 24.3 Å². The second-order valence-electron chi connectivity index (χ2n) is 5.73. The molecule has 0 bridgehead atoms. The van der Waals surface area contributed by atoms with Crippen LogP contribution >= 0.6 is 11.8 Å². The summed E-state index contributed by atoms with van der Waals surface area (Å²) < 4.78 is 1.99. The summed E-state index contributed by atoms with van der Waals surface area (Å²) in [5.74, 6) is -0.0368. The largest absolute Gasteiger partial charge is 0.378 e. The fraction of sp³-hybridized carbons (Fsp3) is 0.222. The lowest BCUT2D eigenvalue weighted by Crippen LogP contribution is -2.22. The van der Waals surface area contributed by atoms with E-state index in [4.69, 9.17) is 0 Å². The lowest BCUT2D eigenvalue weighted by Gasteiger charge is -2.14. The number of imidazole rings is 1. The third-order valence-corrected chi connectivity index (χ3v) is 4.79. The molecule has 24 heavy (non-hydrogen) atoms. The summed E-state index contributed by atoms with van der Waals surface area (Å²) in [6.07, 6.45) is 3.77. The summed E-state index contributed by atoms with van der Waals surface area (Å²) in [6.45, 7) is 1.89. The van der Waals surface area contributed by atoms with E-state index in [9.17, 15) is 4.79 Å². The van der Waals surface area contributed by atoms with E-state index in [0.717, 1.165) is 22.0 Å². The lowest BCUT2D eigenvalue weighted by atomic mass is 10.2. The van der Waals surface area contributed by atoms with Crippen LogP contribution in [0.1, 0.15) is 6.92 Å². The van der Waals surface area contributed by atoms with Crippen molar-refractivity contribution in [3.8, 4) is 0 Å². The number of hydrogen-bond donors (Lipinski definition) is 1. The SMILES string of the molecule is CC(Sc1ncc2ccccn12)C(=O)Nc1ccc(N(C)C)cc1. The maximum absolute atomic E-state index is 12.4. The number of benzene rings is 1. The monoisotopic (exact) mass is 340 g/mol. The molecule has 1 aromatic carbocycles. The Hall–Kier alpha value is -2.47. The standard InChI is InChI=1S/C18H20N4OS/c1-13(24-18-19-12-16-6-4-5-11-22(16)18)17(23)20-14-7-9-15(10-8-14)21(2)3/h4-13H,1-3H3,(H,20,23). The van der Waals surface area contributed by atoms with Gasteiger partial charge in [0.1, 0.15) is 0 Å². The predicted octanol–water partition coefficient (Wildman–Crippen LogP) is 3.52. The highest BCUT2D eigenvalue weighted by molar-refractivity contribution is 8.00. The van der Waals surface area contributed by atoms with Gasteiger partial charge in [0.25, 0.3) is 0 Å². The number of pyridine rings is 1. The van der Waals surface area contributed by atoms with Crippen molar-refractivity contribution in [2.24, 2.45) is 0 Å². The molecule has 3 rings (SSSR count). The number of amides is 1. The Morgan fingerprint density at radius 2 is 1.96 bits per heavy atom. The van der Waals surface area contributed by atoms with Crippen molar-refractivity contribution in [3.63, 3.8) is 0 Å². The molecule has 3 aromatic rings. The van der Waals surface area contributed by atoms with Gasteiger partial charge in [-0.3, -0.25) is 9.20 Å². The third kappa shape index (κ3) is 3.54. The van der Waals surface area contributed by atoms with Gasteiger partial charge in [-0.15, -0.1) is 0 Å². The third-order valence-electron chi connectivity index (χ3n) is 3.71. The number of anilines is 2. The minimum Gasteiger partial charge on any atom is -0.378 e. The number of carbonyl (C=O) groups is 1. The van der Waals surface area contributed by atoms with Crippen LogP contribution in [0.5, 0.6) is 0 Å². The molecular formula is C18H20N4OS. The van der Waals surface area contributed by atoms with Crippen LogP contribution in [0.25, 0.3) is 5.52 Å². The summed E-state index contributed by atoms with van der Waals surface area (Å²) in [5, 5.41) is 3.52. The van der Waals surface area contributed by atoms with Crippen LogP contribution in [0.2, 0.25) is 0 Å². The number of thioether (sulfide) groups is 1. The zero-order valence-electron chi connectivity index (χ0n) is 13.9. The van der Waals surface area contributed by atoms with Crippen LogP contribution in [0.3, 0.4) is 0 Å². The van der Waals surface area contributed by atoms with E-state index in [0.29, 0.717) is 0 Å². The van der Waals surface area contributed by atoms with E-state index < -0.39 is 0 Å². The van der Waals surface area contributed by atoms with Crippen molar-refractivity contribution < 1.29 is 4.79 Å². The molecule has 5 nitrogen and oxygen atoms in total. The quantitative estimate of drug-likeness (QED) is 0.722. The smallest absolute Gasteiger partial charge is 0.237 e. The summed E-state index contributed by atoms with van der Waals surface area (Å²) in [5.41, 5.74) is 2.91. The molecule has 0 radical (unpaired) electrons. The summed E-state index contributed by atoms with van der Waals surface area (Å²) in [6, 6.07) is 13.7. The molecule has 0 fully saturated rings. The van der Waals surface area contributed by atoms with Gasteiger partial charge in [-0.05, 0) is 43.3 Å². The van der Waals surface area contributed by atoms with E-state index in [-0.39, 0.29) is 11.2 Å². The molecule has 0 saturated carbocycles. The number of fused-ring (bicyclic) bond motifs is 1. The Morgan fingerprint density at radius 1 is 1.21 bits per heavy atom. The number of nitrogens with one attached hydrogen (secondary N) is 1. The first-order chi connectivity index (χ1) is 11.5. The van der Waals surface area contributed by atoms with Gasteiger partial charge in [0, 0.05) is 31.7 Å². The van der Waals surface area contributed by atoms with E-state index in [1.54, 1.807) is 0 Å². The average Bonchev–Trinajstić information content (AvgIpc) is 2.98. The van der Waals surface area contributed by atoms with Crippen molar-refractivity contribution >= 4 is 34.6 Å². The van der Waals surface area contributed by atoms with Crippen molar-refractivity contribution in [1.29, 1.82) is 0 Å². The highest BCUT2D eigenvalue weighted by atomic mass is 32.2. The second-order valence-corrected chi connectivity index (χ2v) is 7.03. The summed E-state index contributed by atoms with van der Waals surface area (Å²) in [4.78, 5) is 18.8. The van der Waals surface area contributed by atoms with Crippen LogP contribution in [-0.2, 0) is 4.79 Å². The van der Waals surface area contributed by atoms with Gasteiger partial charge in [-0.1, -0.05) is 17.8 Å². The molecule has 1 amide bonds. The van der Waals surface area contributed by atoms with Gasteiger partial charge in [-0.2, -0.15) is 0 Å². The highest BCUT2D eigenvalue weighted by Gasteiger charge is 2.17. The zero-order valence-corrected chi connectivity index (χ0v) is 14.7. The van der Waals surface area contributed by atoms with E-state index in [1.165, 1.54) is 11.8 Å². The summed E-state index contributed by atoms with van der Waals surface area (Å²) >= 11 is 1.45. The van der Waals surface area contributed by atoms with Crippen LogP contribution < -0.4 is 10.2 Å². The fourth-order valence-corrected chi connectivity index (χ4v) is 3.18. The van der Waals surface area contributed by atoms with Crippen molar-refractivity contribution in [1.82, 2.24) is 9.38 Å². The molecular weight excluding hydrogens is 320 g/mol. The molecule has 1 N–H and O–H groups in total. The number of nitrogens with zero attached hydrogens (tertiary/aromatic N) is 3. The van der Waals surface area contributed by atoms with Crippen LogP contribution in [-0.4, -0.2) is 34.6 Å². The zero-order chi connectivity index (χ0) is 17.1. The van der Waals surface area contributed by atoms with Gasteiger partial charge in [0.2, 0.25) is 5.91 Å². The second kappa shape index (κ2) is 6.97. The molecule has 0 saturated heterocycles. The van der Waals surface area contributed by atoms with Crippen molar-refractivity contribution in [3.05, 3.63) is 54.9 Å². The Labute approximate surface area is 145 Å². The van der Waals surface area contributed by atoms with E-state index in [2.05, 4.69) is 10.3 Å². The van der Waals surface area contributed by atoms with Crippen molar-refractivity contribution in [2.45, 2.75) is 17.3 Å². The Kier molecular flexibility index (Phi) is 4.76. The molecule has 2 heterocycles. The highest BCUT2D eigenvalue weighted by Crippen LogP contribution is 2.24. The first kappa shape index (κ1) is 16.4. The van der Waals surface area contributed by atoms with Crippen LogP contribution in [0, 0.1) is 0 Å². The number of carbonyl (C=O) groups excluding carboxylic acids is 1. The molecule has 1 atom stereocenters. The van der Waals surface area contributed by atoms with Gasteiger partial charge < -0.3 is 10.2 Å². The number of hydrogen-bond acceptors (Lipinski definition) is 4. The molecule has 0 aliphatic rings. The minimum atomic E-state index is -0.246. The van der Waals surface area contributed by atoms with E-state index >= 15 is 0 Å². The molecule has 0 aliphatic heterocycles. The Bertz CT molecular complexity index is 842. The van der Waals surface area contributed by atoms with Gasteiger partial charge in [0.05, 0.1) is 17.0 Å². The number of aromatic nitrogens is 2. The van der Waals surface area contributed by atoms with Gasteiger partial charge >= 0.3 is 0 Å². The molecule has 2 aromatic heterocycles. The minimum absolute atomic E-state index is 0.0368. The molecule has 6 heteroatoms. The van der Waals surface area contributed by atoms with Gasteiger partial charge in [0.15, 0.2) is 5.16 Å². The fourth-order valence-electron chi connectivity index (χ4n) is 2.30. The normalized spacial score (nSPS) is 12.1. The first-order valence-corrected chi connectivity index (χ1v) is 8.59. The average molecular weight is 340 g/mol. The van der Waals surface area contributed by atoms with Gasteiger partial charge in [-0.25, -0.2) is 4.98 Å². The topological polar surface area (TPSA) is 49.6 Å². The Morgan fingerprint density at radius 3 is 2.67 bits per heavy atom. The van der Waals surface area contributed by atoms with E-state index in [1.807, 2.05) is 85.2 Å². The molecule has 0 spiro atoms. The Balaban J connectivity index is 1.66. The molecule has 1 unspecified atom stereocenters. The maximum Gasteiger partial charge on any atom is 0.237 e. The number of rotatable bonds is 5.